The number of piperidine rings is 1. The summed E-state index contributed by atoms with van der Waals surface area (Å²) in [7, 11) is -3.50. The molecule has 1 amide bonds. The van der Waals surface area contributed by atoms with Crippen LogP contribution in [0.5, 0.6) is 0 Å². The van der Waals surface area contributed by atoms with E-state index in [0.29, 0.717) is 31.1 Å². The number of sulfonamides is 1. The number of rotatable bonds is 6. The van der Waals surface area contributed by atoms with Gasteiger partial charge in [-0.15, -0.1) is 0 Å². The number of amides is 1. The van der Waals surface area contributed by atoms with Crippen molar-refractivity contribution in [1.29, 1.82) is 0 Å². The van der Waals surface area contributed by atoms with Crippen LogP contribution in [0.15, 0.2) is 59.6 Å². The SMILES string of the molecule is CC1CCN(S(=O)(=O)c2ccc(C(=O)NCCc3c[nH]c4ccccc34)cc2)CC1. The number of hydrogen-bond donors (Lipinski definition) is 2. The number of carbonyl (C=O) groups is 1. The number of aromatic amines is 1. The van der Waals surface area contributed by atoms with Gasteiger partial charge in [-0.05, 0) is 61.1 Å². The first-order valence-corrected chi connectivity index (χ1v) is 11.8. The van der Waals surface area contributed by atoms with Crippen molar-refractivity contribution < 1.29 is 13.2 Å². The van der Waals surface area contributed by atoms with E-state index in [1.165, 1.54) is 12.1 Å². The number of carbonyl (C=O) groups excluding carboxylic acids is 1. The molecule has 0 radical (unpaired) electrons. The summed E-state index contributed by atoms with van der Waals surface area (Å²) < 4.78 is 27.2. The van der Waals surface area contributed by atoms with Gasteiger partial charge in [0.05, 0.1) is 4.90 Å². The molecule has 7 heteroatoms. The summed E-state index contributed by atoms with van der Waals surface area (Å²) in [5, 5.41) is 4.08. The van der Waals surface area contributed by atoms with Gasteiger partial charge in [-0.3, -0.25) is 4.79 Å². The summed E-state index contributed by atoms with van der Waals surface area (Å²) in [4.78, 5) is 15.9. The third-order valence-electron chi connectivity index (χ3n) is 5.85. The molecule has 4 rings (SSSR count). The van der Waals surface area contributed by atoms with Crippen molar-refractivity contribution in [2.75, 3.05) is 19.6 Å². The van der Waals surface area contributed by atoms with E-state index in [-0.39, 0.29) is 10.8 Å². The van der Waals surface area contributed by atoms with Crippen LogP contribution in [0.4, 0.5) is 0 Å². The van der Waals surface area contributed by atoms with Gasteiger partial charge in [-0.1, -0.05) is 25.1 Å². The monoisotopic (exact) mass is 425 g/mol. The molecule has 30 heavy (non-hydrogen) atoms. The van der Waals surface area contributed by atoms with Gasteiger partial charge in [0.1, 0.15) is 0 Å². The third kappa shape index (κ3) is 4.27. The lowest BCUT2D eigenvalue weighted by Crippen LogP contribution is -2.37. The van der Waals surface area contributed by atoms with Gasteiger partial charge >= 0.3 is 0 Å². The lowest BCUT2D eigenvalue weighted by Gasteiger charge is -2.29. The molecule has 0 bridgehead atoms. The van der Waals surface area contributed by atoms with E-state index < -0.39 is 10.0 Å². The zero-order valence-electron chi connectivity index (χ0n) is 17.1. The van der Waals surface area contributed by atoms with Gasteiger partial charge in [-0.2, -0.15) is 4.31 Å². The number of nitrogens with zero attached hydrogens (tertiary/aromatic N) is 1. The van der Waals surface area contributed by atoms with Gasteiger partial charge in [0.2, 0.25) is 10.0 Å². The highest BCUT2D eigenvalue weighted by Gasteiger charge is 2.28. The Kier molecular flexibility index (Phi) is 5.92. The highest BCUT2D eigenvalue weighted by Crippen LogP contribution is 2.23. The Morgan fingerprint density at radius 1 is 1.10 bits per heavy atom. The molecule has 158 valence electrons. The second kappa shape index (κ2) is 8.62. The van der Waals surface area contributed by atoms with Crippen LogP contribution in [-0.4, -0.2) is 43.2 Å². The fraction of sp³-hybridized carbons (Fsp3) is 0.348. The van der Waals surface area contributed by atoms with E-state index in [2.05, 4.69) is 23.3 Å². The average molecular weight is 426 g/mol. The summed E-state index contributed by atoms with van der Waals surface area (Å²) >= 11 is 0. The Bertz CT molecular complexity index is 1130. The van der Waals surface area contributed by atoms with Gasteiger partial charge in [0.25, 0.3) is 5.91 Å². The minimum atomic E-state index is -3.50. The molecular weight excluding hydrogens is 398 g/mol. The Morgan fingerprint density at radius 3 is 2.53 bits per heavy atom. The molecule has 0 spiro atoms. The second-order valence-corrected chi connectivity index (χ2v) is 9.91. The first-order chi connectivity index (χ1) is 14.4. The summed E-state index contributed by atoms with van der Waals surface area (Å²) in [5.74, 6) is 0.359. The predicted molar refractivity (Wildman–Crippen MR) is 118 cm³/mol. The number of H-pyrrole nitrogens is 1. The van der Waals surface area contributed by atoms with E-state index in [9.17, 15) is 13.2 Å². The number of nitrogens with one attached hydrogen (secondary N) is 2. The maximum Gasteiger partial charge on any atom is 0.251 e. The molecule has 1 aliphatic heterocycles. The molecule has 6 nitrogen and oxygen atoms in total. The van der Waals surface area contributed by atoms with Gasteiger partial charge in [0.15, 0.2) is 0 Å². The highest BCUT2D eigenvalue weighted by molar-refractivity contribution is 7.89. The molecule has 1 aliphatic rings. The first-order valence-electron chi connectivity index (χ1n) is 10.4. The van der Waals surface area contributed by atoms with Crippen LogP contribution in [0.25, 0.3) is 10.9 Å². The highest BCUT2D eigenvalue weighted by atomic mass is 32.2. The maximum absolute atomic E-state index is 12.8. The largest absolute Gasteiger partial charge is 0.361 e. The summed E-state index contributed by atoms with van der Waals surface area (Å²) in [6, 6.07) is 14.3. The topological polar surface area (TPSA) is 82.3 Å². The van der Waals surface area contributed by atoms with Crippen molar-refractivity contribution in [2.24, 2.45) is 5.92 Å². The van der Waals surface area contributed by atoms with E-state index in [4.69, 9.17) is 0 Å². The van der Waals surface area contributed by atoms with Crippen molar-refractivity contribution >= 4 is 26.8 Å². The number of para-hydroxylation sites is 1. The minimum Gasteiger partial charge on any atom is -0.361 e. The molecule has 3 aromatic rings. The van der Waals surface area contributed by atoms with E-state index in [0.717, 1.165) is 35.7 Å². The number of aromatic nitrogens is 1. The summed E-state index contributed by atoms with van der Waals surface area (Å²) in [6.45, 7) is 3.77. The maximum atomic E-state index is 12.8. The van der Waals surface area contributed by atoms with Gasteiger partial charge in [-0.25, -0.2) is 8.42 Å². The normalized spacial score (nSPS) is 16.0. The van der Waals surface area contributed by atoms with Crippen molar-refractivity contribution in [1.82, 2.24) is 14.6 Å². The summed E-state index contributed by atoms with van der Waals surface area (Å²) in [5.41, 5.74) is 2.70. The van der Waals surface area contributed by atoms with Crippen LogP contribution in [0.1, 0.15) is 35.7 Å². The molecule has 2 heterocycles. The van der Waals surface area contributed by atoms with Crippen molar-refractivity contribution in [3.8, 4) is 0 Å². The standard InChI is InChI=1S/C23H27N3O3S/c1-17-11-14-26(15-12-17)30(28,29)20-8-6-18(7-9-20)23(27)24-13-10-19-16-25-22-5-3-2-4-21(19)22/h2-9,16-17,25H,10-15H2,1H3,(H,24,27). The second-order valence-electron chi connectivity index (χ2n) is 7.98. The van der Waals surface area contributed by atoms with Crippen LogP contribution in [-0.2, 0) is 16.4 Å². The van der Waals surface area contributed by atoms with Crippen LogP contribution in [0.3, 0.4) is 0 Å². The minimum absolute atomic E-state index is 0.203. The van der Waals surface area contributed by atoms with E-state index in [1.807, 2.05) is 24.4 Å². The molecule has 1 aromatic heterocycles. The van der Waals surface area contributed by atoms with Gasteiger partial charge < -0.3 is 10.3 Å². The number of hydrogen-bond acceptors (Lipinski definition) is 3. The first kappa shape index (κ1) is 20.6. The number of fused-ring (bicyclic) bond motifs is 1. The zero-order chi connectivity index (χ0) is 21.1. The fourth-order valence-corrected chi connectivity index (χ4v) is 5.37. The summed E-state index contributed by atoms with van der Waals surface area (Å²) in [6.07, 6.45) is 4.46. The van der Waals surface area contributed by atoms with Crippen LogP contribution < -0.4 is 5.32 Å². The van der Waals surface area contributed by atoms with Crippen molar-refractivity contribution in [2.45, 2.75) is 31.1 Å². The quantitative estimate of drug-likeness (QED) is 0.634. The zero-order valence-corrected chi connectivity index (χ0v) is 17.9. The Morgan fingerprint density at radius 2 is 1.80 bits per heavy atom. The molecule has 0 aliphatic carbocycles. The molecule has 2 N–H and O–H groups in total. The molecule has 0 saturated carbocycles. The van der Waals surface area contributed by atoms with E-state index >= 15 is 0 Å². The van der Waals surface area contributed by atoms with Crippen LogP contribution in [0.2, 0.25) is 0 Å². The fourth-order valence-electron chi connectivity index (χ4n) is 3.90. The lowest BCUT2D eigenvalue weighted by molar-refractivity contribution is 0.0954. The molecular formula is C23H27N3O3S. The van der Waals surface area contributed by atoms with Crippen LogP contribution in [0, 0.1) is 5.92 Å². The predicted octanol–water partition coefficient (Wildman–Crippen LogP) is 3.56. The Balaban J connectivity index is 1.36. The smallest absolute Gasteiger partial charge is 0.251 e. The van der Waals surface area contributed by atoms with Crippen molar-refractivity contribution in [3.05, 3.63) is 65.9 Å². The van der Waals surface area contributed by atoms with Gasteiger partial charge in [0, 0.05) is 42.3 Å². The molecule has 1 saturated heterocycles. The molecule has 0 unspecified atom stereocenters. The third-order valence-corrected chi connectivity index (χ3v) is 7.76. The van der Waals surface area contributed by atoms with Crippen LogP contribution >= 0.6 is 0 Å². The number of benzene rings is 2. The molecule has 1 fully saturated rings. The average Bonchev–Trinajstić information content (AvgIpc) is 3.17. The van der Waals surface area contributed by atoms with E-state index in [1.54, 1.807) is 16.4 Å². The van der Waals surface area contributed by atoms with Crippen molar-refractivity contribution in [3.63, 3.8) is 0 Å². The molecule has 0 atom stereocenters. The Hall–Kier alpha value is -2.64. The molecule has 2 aromatic carbocycles. The lowest BCUT2D eigenvalue weighted by atomic mass is 10.0. The Labute approximate surface area is 177 Å².